The highest BCUT2D eigenvalue weighted by molar-refractivity contribution is 9.10. The van der Waals surface area contributed by atoms with E-state index < -0.39 is 4.92 Å². The Morgan fingerprint density at radius 1 is 1.64 bits per heavy atom. The molecule has 72 valence electrons. The Balaban J connectivity index is 3.41. The Morgan fingerprint density at radius 2 is 2.29 bits per heavy atom. The van der Waals surface area contributed by atoms with Crippen LogP contribution in [0.15, 0.2) is 16.6 Å². The molecule has 1 aromatic carbocycles. The topological polar surface area (TPSA) is 92.9 Å². The van der Waals surface area contributed by atoms with Crippen molar-refractivity contribution in [3.8, 4) is 6.07 Å². The first-order valence-corrected chi connectivity index (χ1v) is 4.46. The molecule has 0 saturated heterocycles. The van der Waals surface area contributed by atoms with Crippen molar-refractivity contribution in [1.82, 2.24) is 0 Å². The van der Waals surface area contributed by atoms with Crippen molar-refractivity contribution >= 4 is 21.6 Å². The van der Waals surface area contributed by atoms with Gasteiger partial charge in [-0.15, -0.1) is 0 Å². The molecule has 0 spiro atoms. The zero-order valence-electron chi connectivity index (χ0n) is 7.03. The standard InChI is InChI=1S/C8H6BrN3O2/c9-8-2-6(12(13)14)1-5(3-10)7(8)4-11/h1-2H,4,11H2. The highest BCUT2D eigenvalue weighted by Gasteiger charge is 2.13. The first kappa shape index (κ1) is 10.6. The van der Waals surface area contributed by atoms with Crippen molar-refractivity contribution in [1.29, 1.82) is 5.26 Å². The van der Waals surface area contributed by atoms with Crippen LogP contribution in [0.4, 0.5) is 5.69 Å². The molecule has 0 radical (unpaired) electrons. The van der Waals surface area contributed by atoms with Crippen LogP contribution in [-0.2, 0) is 6.54 Å². The molecule has 0 bridgehead atoms. The first-order chi connectivity index (χ1) is 6.60. The largest absolute Gasteiger partial charge is 0.326 e. The monoisotopic (exact) mass is 255 g/mol. The number of nitrogens with zero attached hydrogens (tertiary/aromatic N) is 2. The third-order valence-corrected chi connectivity index (χ3v) is 2.42. The van der Waals surface area contributed by atoms with Crippen LogP contribution < -0.4 is 5.73 Å². The minimum atomic E-state index is -0.550. The van der Waals surface area contributed by atoms with E-state index in [-0.39, 0.29) is 17.8 Å². The number of nitro groups is 1. The predicted octanol–water partition coefficient (Wildman–Crippen LogP) is 1.69. The van der Waals surface area contributed by atoms with Crippen molar-refractivity contribution in [2.45, 2.75) is 6.54 Å². The Bertz CT molecular complexity index is 425. The minimum absolute atomic E-state index is 0.120. The number of nitro benzene ring substituents is 1. The number of hydrogen-bond acceptors (Lipinski definition) is 4. The van der Waals surface area contributed by atoms with Gasteiger partial charge in [-0.2, -0.15) is 5.26 Å². The Labute approximate surface area is 88.4 Å². The van der Waals surface area contributed by atoms with E-state index in [9.17, 15) is 10.1 Å². The van der Waals surface area contributed by atoms with Crippen molar-refractivity contribution in [2.75, 3.05) is 0 Å². The van der Waals surface area contributed by atoms with E-state index in [1.165, 1.54) is 12.1 Å². The van der Waals surface area contributed by atoms with Crippen LogP contribution in [0.2, 0.25) is 0 Å². The third-order valence-electron chi connectivity index (χ3n) is 1.72. The summed E-state index contributed by atoms with van der Waals surface area (Å²) in [6.07, 6.45) is 0. The van der Waals surface area contributed by atoms with E-state index in [0.717, 1.165) is 0 Å². The molecule has 1 aromatic rings. The maximum atomic E-state index is 10.5. The number of nitrogens with two attached hydrogens (primary N) is 1. The second-order valence-electron chi connectivity index (χ2n) is 2.53. The zero-order chi connectivity index (χ0) is 10.7. The molecule has 14 heavy (non-hydrogen) atoms. The Kier molecular flexibility index (Phi) is 3.17. The fraction of sp³-hybridized carbons (Fsp3) is 0.125. The average Bonchev–Trinajstić information content (AvgIpc) is 2.16. The molecule has 6 heteroatoms. The molecular weight excluding hydrogens is 250 g/mol. The van der Waals surface area contributed by atoms with Gasteiger partial charge in [-0.05, 0) is 5.56 Å². The van der Waals surface area contributed by atoms with E-state index in [0.29, 0.717) is 10.0 Å². The summed E-state index contributed by atoms with van der Waals surface area (Å²) in [6, 6.07) is 4.42. The van der Waals surface area contributed by atoms with Gasteiger partial charge in [0.05, 0.1) is 16.6 Å². The highest BCUT2D eigenvalue weighted by atomic mass is 79.9. The van der Waals surface area contributed by atoms with Gasteiger partial charge in [0.2, 0.25) is 0 Å². The SMILES string of the molecule is N#Cc1cc([N+](=O)[O-])cc(Br)c1CN. The third kappa shape index (κ3) is 1.89. The lowest BCUT2D eigenvalue weighted by Crippen LogP contribution is -2.02. The van der Waals surface area contributed by atoms with E-state index >= 15 is 0 Å². The molecule has 0 aliphatic carbocycles. The zero-order valence-corrected chi connectivity index (χ0v) is 8.61. The lowest BCUT2D eigenvalue weighted by molar-refractivity contribution is -0.385. The molecule has 5 nitrogen and oxygen atoms in total. The molecule has 2 N–H and O–H groups in total. The number of non-ortho nitro benzene ring substituents is 1. The van der Waals surface area contributed by atoms with Gasteiger partial charge in [-0.25, -0.2) is 0 Å². The second kappa shape index (κ2) is 4.17. The van der Waals surface area contributed by atoms with Crippen molar-refractivity contribution in [3.63, 3.8) is 0 Å². The summed E-state index contributed by atoms with van der Waals surface area (Å²) < 4.78 is 0.491. The molecule has 0 aromatic heterocycles. The van der Waals surface area contributed by atoms with Crippen molar-refractivity contribution in [3.05, 3.63) is 37.8 Å². The van der Waals surface area contributed by atoms with E-state index in [1.807, 2.05) is 6.07 Å². The van der Waals surface area contributed by atoms with E-state index in [4.69, 9.17) is 11.0 Å². The fourth-order valence-corrected chi connectivity index (χ4v) is 1.64. The van der Waals surface area contributed by atoms with Gasteiger partial charge in [0, 0.05) is 23.2 Å². The molecule has 0 fully saturated rings. The van der Waals surface area contributed by atoms with Gasteiger partial charge >= 0.3 is 0 Å². The molecule has 0 unspecified atom stereocenters. The normalized spacial score (nSPS) is 9.50. The van der Waals surface area contributed by atoms with Crippen LogP contribution in [0, 0.1) is 21.4 Å². The van der Waals surface area contributed by atoms with Gasteiger partial charge in [0.15, 0.2) is 0 Å². The summed E-state index contributed by atoms with van der Waals surface area (Å²) in [4.78, 5) is 9.92. The number of rotatable bonds is 2. The summed E-state index contributed by atoms with van der Waals surface area (Å²) in [6.45, 7) is 0.168. The van der Waals surface area contributed by atoms with Gasteiger partial charge in [0.1, 0.15) is 0 Å². The molecule has 0 atom stereocenters. The maximum Gasteiger partial charge on any atom is 0.271 e. The smallest absolute Gasteiger partial charge is 0.271 e. The molecule has 0 heterocycles. The average molecular weight is 256 g/mol. The highest BCUT2D eigenvalue weighted by Crippen LogP contribution is 2.26. The van der Waals surface area contributed by atoms with Crippen LogP contribution >= 0.6 is 15.9 Å². The van der Waals surface area contributed by atoms with E-state index in [2.05, 4.69) is 15.9 Å². The van der Waals surface area contributed by atoms with Crippen molar-refractivity contribution in [2.24, 2.45) is 5.73 Å². The van der Waals surface area contributed by atoms with Crippen LogP contribution in [0.1, 0.15) is 11.1 Å². The predicted molar refractivity (Wildman–Crippen MR) is 53.4 cm³/mol. The second-order valence-corrected chi connectivity index (χ2v) is 3.38. The summed E-state index contributed by atoms with van der Waals surface area (Å²) in [5.41, 5.74) is 6.09. The van der Waals surface area contributed by atoms with Gasteiger partial charge in [-0.1, -0.05) is 15.9 Å². The lowest BCUT2D eigenvalue weighted by atomic mass is 10.1. The van der Waals surface area contributed by atoms with Crippen LogP contribution in [0.5, 0.6) is 0 Å². The molecule has 0 aliphatic rings. The quantitative estimate of drug-likeness (QED) is 0.643. The van der Waals surface area contributed by atoms with Gasteiger partial charge in [-0.3, -0.25) is 10.1 Å². The molecule has 1 rings (SSSR count). The van der Waals surface area contributed by atoms with Crippen LogP contribution in [-0.4, -0.2) is 4.92 Å². The maximum absolute atomic E-state index is 10.5. The number of benzene rings is 1. The lowest BCUT2D eigenvalue weighted by Gasteiger charge is -2.03. The summed E-state index contributed by atoms with van der Waals surface area (Å²) in [5.74, 6) is 0. The van der Waals surface area contributed by atoms with Crippen LogP contribution in [0.3, 0.4) is 0 Å². The summed E-state index contributed by atoms with van der Waals surface area (Å²) in [5, 5.41) is 19.2. The molecule has 0 saturated carbocycles. The number of hydrogen-bond donors (Lipinski definition) is 1. The van der Waals surface area contributed by atoms with Gasteiger partial charge < -0.3 is 5.73 Å². The molecule has 0 amide bonds. The fourth-order valence-electron chi connectivity index (χ4n) is 1.03. The van der Waals surface area contributed by atoms with E-state index in [1.54, 1.807) is 0 Å². The number of halogens is 1. The Hall–Kier alpha value is -1.45. The summed E-state index contributed by atoms with van der Waals surface area (Å²) >= 11 is 3.13. The summed E-state index contributed by atoms with van der Waals surface area (Å²) in [7, 11) is 0. The Morgan fingerprint density at radius 3 is 2.71 bits per heavy atom. The number of nitriles is 1. The molecular formula is C8H6BrN3O2. The first-order valence-electron chi connectivity index (χ1n) is 3.67. The van der Waals surface area contributed by atoms with Crippen molar-refractivity contribution < 1.29 is 4.92 Å². The van der Waals surface area contributed by atoms with Crippen LogP contribution in [0.25, 0.3) is 0 Å². The van der Waals surface area contributed by atoms with Gasteiger partial charge in [0.25, 0.3) is 5.69 Å². The minimum Gasteiger partial charge on any atom is -0.326 e. The molecule has 0 aliphatic heterocycles.